The zero-order valence-corrected chi connectivity index (χ0v) is 46.0. The molecule has 0 heterocycles. The lowest BCUT2D eigenvalue weighted by Crippen LogP contribution is -2.77. The third-order valence-corrected chi connectivity index (χ3v) is 14.7. The third kappa shape index (κ3) is 15.5. The van der Waals surface area contributed by atoms with Crippen LogP contribution >= 0.6 is 0 Å². The molecule has 0 N–H and O–H groups in total. The SMILES string of the molecule is CCCCCCCCCCCCC(CC(F)(F)C(F)(F)C(F)(F)C(F)(F)C(F)(F)C(F)(F)C(F)(F)C(F)(F)C(F)(F)C(F)(F)F)C(CCCCCCCCCCCC)CC(F)(F)C(F)(F)C(F)(F)C(F)(F)C(F)(F)C(F)(F)C(F)(F)C(F)(F)C(F)(F)C(F)(F)F. The number of alkyl halides is 42. The number of halogens is 42. The third-order valence-electron chi connectivity index (χ3n) is 14.7. The van der Waals surface area contributed by atoms with Gasteiger partial charge in [-0.25, -0.2) is 0 Å². The molecule has 0 aromatic carbocycles. The van der Waals surface area contributed by atoms with Crippen LogP contribution in [0.4, 0.5) is 184 Å². The molecule has 0 rings (SSSR count). The van der Waals surface area contributed by atoms with Crippen molar-refractivity contribution in [3.05, 3.63) is 0 Å². The van der Waals surface area contributed by atoms with E-state index in [2.05, 4.69) is 0 Å². The first-order valence-electron chi connectivity index (χ1n) is 26.5. The van der Waals surface area contributed by atoms with Crippen molar-refractivity contribution in [2.24, 2.45) is 11.8 Å². The molecule has 0 bridgehead atoms. The Kier molecular flexibility index (Phi) is 27.9. The van der Waals surface area contributed by atoms with Crippen LogP contribution in [-0.2, 0) is 0 Å². The average Bonchev–Trinajstić information content (AvgIpc) is 0.698. The first-order chi connectivity index (χ1) is 39.6. The van der Waals surface area contributed by atoms with E-state index < -0.39 is 182 Å². The van der Waals surface area contributed by atoms with Crippen LogP contribution in [0.1, 0.15) is 168 Å². The van der Waals surface area contributed by atoms with Gasteiger partial charge in [-0.1, -0.05) is 142 Å². The van der Waals surface area contributed by atoms with Gasteiger partial charge in [-0.2, -0.15) is 184 Å². The molecule has 0 fully saturated rings. The summed E-state index contributed by atoms with van der Waals surface area (Å²) in [5, 5.41) is 0. The molecular weight excluding hydrogens is 1370 g/mol. The number of hydrogen-bond donors (Lipinski definition) is 0. The van der Waals surface area contributed by atoms with Crippen LogP contribution < -0.4 is 0 Å². The second kappa shape index (κ2) is 28.8. The molecule has 542 valence electrons. The smallest absolute Gasteiger partial charge is 0.200 e. The normalized spacial score (nSPS) is 16.5. The quantitative estimate of drug-likeness (QED) is 0.0422. The second-order valence-corrected chi connectivity index (χ2v) is 21.5. The number of hydrogen-bond acceptors (Lipinski definition) is 0. The van der Waals surface area contributed by atoms with E-state index in [9.17, 15) is 132 Å². The Balaban J connectivity index is 8.38. The molecule has 0 amide bonds. The van der Waals surface area contributed by atoms with Crippen LogP contribution in [-0.4, -0.2) is 119 Å². The summed E-state index contributed by atoms with van der Waals surface area (Å²) in [4.78, 5) is 0. The predicted molar refractivity (Wildman–Crippen MR) is 230 cm³/mol. The minimum atomic E-state index is -9.75. The molecule has 0 radical (unpaired) electrons. The van der Waals surface area contributed by atoms with E-state index in [1.807, 2.05) is 0 Å². The Hall–Kier alpha value is -2.94. The van der Waals surface area contributed by atoms with Crippen molar-refractivity contribution in [3.8, 4) is 0 Å². The van der Waals surface area contributed by atoms with Crippen molar-refractivity contribution in [2.75, 3.05) is 0 Å². The highest BCUT2D eigenvalue weighted by Crippen LogP contribution is 2.69. The fourth-order valence-electron chi connectivity index (χ4n) is 8.89. The molecule has 0 saturated carbocycles. The summed E-state index contributed by atoms with van der Waals surface area (Å²) >= 11 is 0. The number of unbranched alkanes of at least 4 members (excludes halogenated alkanes) is 18. The highest BCUT2D eigenvalue weighted by molar-refractivity contribution is 5.20. The molecule has 0 aliphatic heterocycles. The van der Waals surface area contributed by atoms with E-state index in [-0.39, 0.29) is 38.5 Å². The Morgan fingerprint density at radius 1 is 0.167 bits per heavy atom. The van der Waals surface area contributed by atoms with Crippen LogP contribution in [0.5, 0.6) is 0 Å². The fourth-order valence-corrected chi connectivity index (χ4v) is 8.89. The first kappa shape index (κ1) is 87.1. The van der Waals surface area contributed by atoms with Gasteiger partial charge in [0.1, 0.15) is 0 Å². The highest BCUT2D eigenvalue weighted by atomic mass is 19.5. The maximum atomic E-state index is 15.8. The molecule has 0 saturated heterocycles. The van der Waals surface area contributed by atoms with Crippen LogP contribution in [0.15, 0.2) is 0 Å². The lowest BCUT2D eigenvalue weighted by atomic mass is 9.74. The van der Waals surface area contributed by atoms with Crippen LogP contribution in [0.3, 0.4) is 0 Å². The van der Waals surface area contributed by atoms with E-state index in [1.165, 1.54) is 0 Å². The van der Waals surface area contributed by atoms with Crippen molar-refractivity contribution in [2.45, 2.75) is 287 Å². The largest absolute Gasteiger partial charge is 0.460 e. The van der Waals surface area contributed by atoms with Crippen LogP contribution in [0.25, 0.3) is 0 Å². The highest BCUT2D eigenvalue weighted by Gasteiger charge is 3.00. The predicted octanol–water partition coefficient (Wildman–Crippen LogP) is 24.2. The molecule has 0 aromatic rings. The lowest BCUT2D eigenvalue weighted by Gasteiger charge is -2.45. The zero-order chi connectivity index (χ0) is 72.1. The molecule has 2 atom stereocenters. The van der Waals surface area contributed by atoms with Crippen LogP contribution in [0, 0.1) is 11.8 Å². The van der Waals surface area contributed by atoms with Gasteiger partial charge in [0.05, 0.1) is 0 Å². The van der Waals surface area contributed by atoms with E-state index in [4.69, 9.17) is 0 Å². The maximum Gasteiger partial charge on any atom is 0.460 e. The summed E-state index contributed by atoms with van der Waals surface area (Å²) in [6, 6.07) is 0. The van der Waals surface area contributed by atoms with Gasteiger partial charge in [0.25, 0.3) is 0 Å². The summed E-state index contributed by atoms with van der Waals surface area (Å²) in [6.45, 7) is 3.51. The van der Waals surface area contributed by atoms with Gasteiger partial charge in [0.2, 0.25) is 0 Å². The summed E-state index contributed by atoms with van der Waals surface area (Å²) in [6.07, 6.45) is -26.9. The number of rotatable bonds is 43. The van der Waals surface area contributed by atoms with Crippen molar-refractivity contribution in [1.29, 1.82) is 0 Å². The molecule has 42 heteroatoms. The Morgan fingerprint density at radius 3 is 0.456 bits per heavy atom. The summed E-state index contributed by atoms with van der Waals surface area (Å²) < 4.78 is 600. The molecule has 0 spiro atoms. The molecule has 90 heavy (non-hydrogen) atoms. The van der Waals surface area contributed by atoms with Crippen LogP contribution in [0.2, 0.25) is 0 Å². The van der Waals surface area contributed by atoms with Crippen molar-refractivity contribution in [3.63, 3.8) is 0 Å². The molecule has 0 aliphatic carbocycles. The van der Waals surface area contributed by atoms with E-state index in [0.717, 1.165) is 0 Å². The Morgan fingerprint density at radius 2 is 0.300 bits per heavy atom. The first-order valence-corrected chi connectivity index (χ1v) is 26.5. The summed E-state index contributed by atoms with van der Waals surface area (Å²) in [5.74, 6) is -173. The maximum absolute atomic E-state index is 15.8. The van der Waals surface area contributed by atoms with E-state index in [0.29, 0.717) is 64.2 Å². The average molecular weight is 1430 g/mol. The molecule has 2 unspecified atom stereocenters. The summed E-state index contributed by atoms with van der Waals surface area (Å²) in [5.41, 5.74) is 0. The fraction of sp³-hybridized carbons (Fsp3) is 1.00. The van der Waals surface area contributed by atoms with Gasteiger partial charge in [-0.05, 0) is 24.7 Å². The van der Waals surface area contributed by atoms with E-state index >= 15 is 52.7 Å². The Labute approximate surface area is 483 Å². The van der Waals surface area contributed by atoms with Gasteiger partial charge < -0.3 is 0 Å². The monoisotopic (exact) mass is 1430 g/mol. The molecule has 0 aliphatic rings. The van der Waals surface area contributed by atoms with Crippen molar-refractivity contribution in [1.82, 2.24) is 0 Å². The topological polar surface area (TPSA) is 0 Å². The van der Waals surface area contributed by atoms with Gasteiger partial charge >= 0.3 is 119 Å². The van der Waals surface area contributed by atoms with Crippen molar-refractivity contribution < 1.29 is 184 Å². The molecule has 0 nitrogen and oxygen atoms in total. The minimum Gasteiger partial charge on any atom is -0.200 e. The van der Waals surface area contributed by atoms with Crippen molar-refractivity contribution >= 4 is 0 Å². The minimum absolute atomic E-state index is 0.0301. The van der Waals surface area contributed by atoms with Gasteiger partial charge in [-0.15, -0.1) is 0 Å². The van der Waals surface area contributed by atoms with Gasteiger partial charge in [0.15, 0.2) is 0 Å². The van der Waals surface area contributed by atoms with E-state index in [1.54, 1.807) is 13.8 Å². The standard InChI is InChI=1S/C48H56F42/c1-3-5-7-9-11-13-15-17-19-21-23-27(25-29(49,50)31(53,54)33(57,58)35(61,62)37(65,66)39(69,70)41(73,74)43(77,78)45(81,82)47(85,86)87)28(24-22-20-18-16-14-12-10-8-6-4-2)26-30(51,52)32(55,56)34(59,60)36(63,64)38(67,68)40(71,72)42(75,76)44(79,80)46(83,84)48(88,89)90/h27-28H,3-26H2,1-2H3. The van der Waals surface area contributed by atoms with Gasteiger partial charge in [0, 0.05) is 12.8 Å². The summed E-state index contributed by atoms with van der Waals surface area (Å²) in [7, 11) is 0. The lowest BCUT2D eigenvalue weighted by molar-refractivity contribution is -0.474. The zero-order valence-electron chi connectivity index (χ0n) is 46.0. The second-order valence-electron chi connectivity index (χ2n) is 21.5. The van der Waals surface area contributed by atoms with Gasteiger partial charge in [-0.3, -0.25) is 0 Å². The Bertz CT molecular complexity index is 2020. The molecular formula is C48H56F42. The molecule has 0 aromatic heterocycles.